The van der Waals surface area contributed by atoms with Crippen molar-refractivity contribution in [3.63, 3.8) is 0 Å². The molecule has 270 valence electrons. The van der Waals surface area contributed by atoms with Crippen LogP contribution in [0.15, 0.2) is 67.0 Å². The fourth-order valence-corrected chi connectivity index (χ4v) is 8.82. The summed E-state index contributed by atoms with van der Waals surface area (Å²) >= 11 is 6.45. The number of hydrogen-bond acceptors (Lipinski definition) is 6. The van der Waals surface area contributed by atoms with Crippen molar-refractivity contribution in [2.45, 2.75) is 83.5 Å². The number of rotatable bonds is 5. The topological polar surface area (TPSA) is 80.8 Å². The molecule has 1 aromatic heterocycles. The highest BCUT2D eigenvalue weighted by Gasteiger charge is 2.50. The molecule has 1 amide bonds. The number of hydrogen-bond donors (Lipinski definition) is 1. The molecule has 3 aliphatic rings. The highest BCUT2D eigenvalue weighted by Crippen LogP contribution is 2.51. The number of ether oxygens (including phenoxy) is 2. The molecule has 0 spiro atoms. The number of carbonyl (C=O) groups is 1. The molecule has 2 aromatic carbocycles. The summed E-state index contributed by atoms with van der Waals surface area (Å²) in [7, 11) is 0.0246. The van der Waals surface area contributed by atoms with Gasteiger partial charge in [-0.2, -0.15) is 0 Å². The van der Waals surface area contributed by atoms with E-state index in [2.05, 4.69) is 33.7 Å². The van der Waals surface area contributed by atoms with Crippen LogP contribution in [0, 0.1) is 23.6 Å². The Morgan fingerprint density at radius 1 is 1.14 bits per heavy atom. The molecule has 3 aromatic rings. The van der Waals surface area contributed by atoms with Crippen molar-refractivity contribution in [2.24, 2.45) is 17.8 Å². The summed E-state index contributed by atoms with van der Waals surface area (Å²) in [4.78, 5) is 20.1. The first-order valence-electron chi connectivity index (χ1n) is 18.0. The van der Waals surface area contributed by atoms with Gasteiger partial charge in [-0.25, -0.2) is 8.60 Å². The smallest absolute Gasteiger partial charge is 0.263 e. The lowest BCUT2D eigenvalue weighted by Gasteiger charge is -2.50. The zero-order valence-electron chi connectivity index (χ0n) is 30.1. The largest absolute Gasteiger partial charge is 0.491 e. The quantitative estimate of drug-likeness (QED) is 0.265. The van der Waals surface area contributed by atoms with Crippen LogP contribution in [0.25, 0.3) is 0 Å². The van der Waals surface area contributed by atoms with Gasteiger partial charge in [-0.15, -0.1) is 0 Å². The van der Waals surface area contributed by atoms with Crippen molar-refractivity contribution in [1.82, 2.24) is 9.71 Å². The second kappa shape index (κ2) is 16.8. The number of aryl methyl sites for hydroxylation is 1. The Balaban J connectivity index is 0.00000239. The summed E-state index contributed by atoms with van der Waals surface area (Å²) in [6, 6.07) is 12.9. The maximum absolute atomic E-state index is 15.6. The number of nitrogens with one attached hydrogen (secondary N) is 1. The Labute approximate surface area is 304 Å². The number of anilines is 1. The lowest BCUT2D eigenvalue weighted by molar-refractivity contribution is -0.0824. The van der Waals surface area contributed by atoms with E-state index in [4.69, 9.17) is 21.1 Å². The van der Waals surface area contributed by atoms with Gasteiger partial charge in [0.15, 0.2) is 0 Å². The minimum atomic E-state index is -1.62. The lowest BCUT2D eigenvalue weighted by Crippen LogP contribution is -2.50. The molecule has 3 heterocycles. The standard InChI is InChI=1S/C38H45ClFN3O4S.C2H6/c1-5-7-26-18-30(39)11-12-31(26)29-22-43-21-28-9-13-32(28)38(46-4,33-20-41-17-15-34(33)40)16-6-8-24(2)25(3)48(45)42-37(44)27-10-14-36(47-23-29)35(43)19-27;1-2/h6,10-12,14-20,24-25,28-29,32H,5,7-9,13,21-23H2,1-4H3,(H,42,44);1-2H3/b16-6+;/t24?,25?,28?,29?,32?,38-,48?;/m0./s1. The molecule has 2 aliphatic heterocycles. The minimum absolute atomic E-state index is 0.0286. The zero-order chi connectivity index (χ0) is 36.0. The molecule has 50 heavy (non-hydrogen) atoms. The molecular weight excluding hydrogens is 673 g/mol. The van der Waals surface area contributed by atoms with Gasteiger partial charge >= 0.3 is 0 Å². The second-order valence-electron chi connectivity index (χ2n) is 13.5. The number of nitrogens with zero attached hydrogens (tertiary/aromatic N) is 2. The third kappa shape index (κ3) is 7.80. The zero-order valence-corrected chi connectivity index (χ0v) is 31.7. The van der Waals surface area contributed by atoms with Crippen LogP contribution in [0.5, 0.6) is 5.75 Å². The molecule has 0 radical (unpaired) electrons. The Morgan fingerprint density at radius 2 is 1.94 bits per heavy atom. The second-order valence-corrected chi connectivity index (χ2v) is 15.5. The third-order valence-electron chi connectivity index (χ3n) is 10.7. The van der Waals surface area contributed by atoms with E-state index in [0.717, 1.165) is 31.4 Å². The molecule has 6 unspecified atom stereocenters. The maximum atomic E-state index is 15.6. The van der Waals surface area contributed by atoms with E-state index in [-0.39, 0.29) is 40.6 Å². The number of amides is 1. The van der Waals surface area contributed by atoms with Gasteiger partial charge in [0.1, 0.15) is 28.2 Å². The Morgan fingerprint density at radius 3 is 2.64 bits per heavy atom. The van der Waals surface area contributed by atoms with Crippen molar-refractivity contribution in [3.8, 4) is 5.75 Å². The van der Waals surface area contributed by atoms with Crippen LogP contribution in [0.2, 0.25) is 5.02 Å². The molecule has 1 fully saturated rings. The lowest BCUT2D eigenvalue weighted by atomic mass is 9.62. The summed E-state index contributed by atoms with van der Waals surface area (Å²) in [6.07, 6.45) is 11.3. The van der Waals surface area contributed by atoms with Crippen LogP contribution in [0.1, 0.15) is 93.3 Å². The molecule has 1 aliphatic carbocycles. The summed E-state index contributed by atoms with van der Waals surface area (Å²) in [6.45, 7) is 11.8. The van der Waals surface area contributed by atoms with Gasteiger partial charge in [-0.3, -0.25) is 14.5 Å². The molecular formula is C40H51ClFN3O4S. The Hall–Kier alpha value is -3.27. The minimum Gasteiger partial charge on any atom is -0.491 e. The normalized spacial score (nSPS) is 28.8. The molecule has 0 saturated heterocycles. The first kappa shape index (κ1) is 38.0. The van der Waals surface area contributed by atoms with Gasteiger partial charge in [-0.1, -0.05) is 63.9 Å². The summed E-state index contributed by atoms with van der Waals surface area (Å²) in [5, 5.41) is 0.388. The van der Waals surface area contributed by atoms with E-state index in [9.17, 15) is 9.00 Å². The maximum Gasteiger partial charge on any atom is 0.263 e. The number of carbonyl (C=O) groups excluding carboxylic acids is 1. The van der Waals surface area contributed by atoms with Crippen LogP contribution in [-0.4, -0.2) is 47.2 Å². The van der Waals surface area contributed by atoms with Crippen molar-refractivity contribution < 1.29 is 22.9 Å². The van der Waals surface area contributed by atoms with Gasteiger partial charge in [0, 0.05) is 60.6 Å². The van der Waals surface area contributed by atoms with E-state index in [1.165, 1.54) is 23.4 Å². The fraction of sp³-hybridized carbons (Fsp3) is 0.500. The van der Waals surface area contributed by atoms with Gasteiger partial charge < -0.3 is 14.4 Å². The van der Waals surface area contributed by atoms with Crippen LogP contribution < -0.4 is 14.4 Å². The molecule has 6 rings (SSSR count). The first-order chi connectivity index (χ1) is 24.1. The first-order valence-corrected chi connectivity index (χ1v) is 19.6. The van der Waals surface area contributed by atoms with Gasteiger partial charge in [0.05, 0.1) is 17.5 Å². The van der Waals surface area contributed by atoms with Crippen LogP contribution in [0.3, 0.4) is 0 Å². The third-order valence-corrected chi connectivity index (χ3v) is 12.4. The number of fused-ring (bicyclic) bond motifs is 2. The summed E-state index contributed by atoms with van der Waals surface area (Å²) in [5.41, 5.74) is 3.03. The highest BCUT2D eigenvalue weighted by molar-refractivity contribution is 7.84. The molecule has 1 saturated carbocycles. The van der Waals surface area contributed by atoms with Gasteiger partial charge in [-0.05, 0) is 92.0 Å². The fourth-order valence-electron chi connectivity index (χ4n) is 7.60. The average molecular weight is 724 g/mol. The van der Waals surface area contributed by atoms with Crippen molar-refractivity contribution in [3.05, 3.63) is 100 Å². The van der Waals surface area contributed by atoms with E-state index in [0.29, 0.717) is 48.0 Å². The predicted octanol–water partition coefficient (Wildman–Crippen LogP) is 8.78. The van der Waals surface area contributed by atoms with E-state index >= 15 is 4.39 Å². The monoisotopic (exact) mass is 723 g/mol. The van der Waals surface area contributed by atoms with E-state index in [1.54, 1.807) is 19.4 Å². The SMILES string of the molecule is CC.CCCc1cc(Cl)ccc1C1COc2ccc3cc2N(C1)CC1CCC1[C@](OC)(c1cnccc1F)/C=C/CC(C)C(C)S(=O)NC3=O. The van der Waals surface area contributed by atoms with Gasteiger partial charge in [0.25, 0.3) is 5.91 Å². The van der Waals surface area contributed by atoms with Crippen LogP contribution in [0.4, 0.5) is 10.1 Å². The molecule has 7 nitrogen and oxygen atoms in total. The average Bonchev–Trinajstić information content (AvgIpc) is 3.29. The number of methoxy groups -OCH3 is 1. The highest BCUT2D eigenvalue weighted by atomic mass is 35.5. The van der Waals surface area contributed by atoms with Crippen molar-refractivity contribution in [1.29, 1.82) is 0 Å². The number of benzene rings is 2. The molecule has 2 bridgehead atoms. The van der Waals surface area contributed by atoms with E-state index < -0.39 is 16.6 Å². The van der Waals surface area contributed by atoms with E-state index in [1.807, 2.05) is 58.0 Å². The predicted molar refractivity (Wildman–Crippen MR) is 201 cm³/mol. The van der Waals surface area contributed by atoms with Gasteiger partial charge in [0.2, 0.25) is 0 Å². The van der Waals surface area contributed by atoms with Crippen LogP contribution >= 0.6 is 11.6 Å². The number of halogens is 2. The summed E-state index contributed by atoms with van der Waals surface area (Å²) in [5.74, 6) is 0.0804. The van der Waals surface area contributed by atoms with Crippen molar-refractivity contribution in [2.75, 3.05) is 31.7 Å². The molecule has 1 N–H and O–H groups in total. The van der Waals surface area contributed by atoms with Crippen LogP contribution in [-0.2, 0) is 27.7 Å². The number of allylic oxidation sites excluding steroid dienone is 1. The Bertz CT molecular complexity index is 1700. The number of pyridine rings is 1. The van der Waals surface area contributed by atoms with Crippen molar-refractivity contribution >= 4 is 34.2 Å². The molecule has 10 heteroatoms. The Kier molecular flexibility index (Phi) is 12.8. The summed E-state index contributed by atoms with van der Waals surface area (Å²) < 4.78 is 44.6. The molecule has 7 atom stereocenters. The number of aromatic nitrogens is 1.